The van der Waals surface area contributed by atoms with E-state index in [9.17, 15) is 9.59 Å². The molecule has 2 N–H and O–H groups in total. The molecule has 1 atom stereocenters. The van der Waals surface area contributed by atoms with Crippen molar-refractivity contribution in [3.05, 3.63) is 0 Å². The van der Waals surface area contributed by atoms with Crippen LogP contribution in [-0.2, 0) is 4.79 Å². The van der Waals surface area contributed by atoms with Gasteiger partial charge in [-0.2, -0.15) is 0 Å². The van der Waals surface area contributed by atoms with Crippen molar-refractivity contribution in [1.29, 1.82) is 0 Å². The molecule has 0 bridgehead atoms. The number of piperidine rings is 1. The maximum absolute atomic E-state index is 12.1. The van der Waals surface area contributed by atoms with Crippen LogP contribution in [0, 0.1) is 11.3 Å². The summed E-state index contributed by atoms with van der Waals surface area (Å²) in [5, 5.41) is 11.8. The summed E-state index contributed by atoms with van der Waals surface area (Å²) in [6.45, 7) is 9.76. The SMILES string of the molecule is CCC1(C)CCN(C(=O)N[C@@H](CC(C)C)C(=O)O)CC1. The highest BCUT2D eigenvalue weighted by Gasteiger charge is 2.31. The number of hydrogen-bond acceptors (Lipinski definition) is 2. The molecule has 116 valence electrons. The maximum Gasteiger partial charge on any atom is 0.326 e. The Morgan fingerprint density at radius 1 is 1.30 bits per heavy atom. The molecule has 0 saturated carbocycles. The van der Waals surface area contributed by atoms with Crippen molar-refractivity contribution in [3.63, 3.8) is 0 Å². The second-order valence-electron chi connectivity index (χ2n) is 6.62. The number of hydrogen-bond donors (Lipinski definition) is 2. The molecule has 0 spiro atoms. The van der Waals surface area contributed by atoms with E-state index < -0.39 is 12.0 Å². The normalized spacial score (nSPS) is 19.8. The first kappa shape index (κ1) is 16.8. The fourth-order valence-electron chi connectivity index (χ4n) is 2.54. The lowest BCUT2D eigenvalue weighted by molar-refractivity contribution is -0.139. The molecule has 5 heteroatoms. The van der Waals surface area contributed by atoms with Gasteiger partial charge in [-0.25, -0.2) is 9.59 Å². The van der Waals surface area contributed by atoms with Crippen LogP contribution in [-0.4, -0.2) is 41.1 Å². The van der Waals surface area contributed by atoms with Crippen LogP contribution in [0.15, 0.2) is 0 Å². The third kappa shape index (κ3) is 4.69. The summed E-state index contributed by atoms with van der Waals surface area (Å²) in [5.41, 5.74) is 0.320. The zero-order valence-electron chi connectivity index (χ0n) is 13.1. The van der Waals surface area contributed by atoms with E-state index in [4.69, 9.17) is 5.11 Å². The van der Waals surface area contributed by atoms with Gasteiger partial charge in [0.05, 0.1) is 0 Å². The Labute approximate surface area is 121 Å². The monoisotopic (exact) mass is 284 g/mol. The average Bonchev–Trinajstić information content (AvgIpc) is 2.38. The van der Waals surface area contributed by atoms with Crippen LogP contribution in [0.25, 0.3) is 0 Å². The molecule has 0 aromatic rings. The van der Waals surface area contributed by atoms with E-state index in [1.807, 2.05) is 13.8 Å². The predicted molar refractivity (Wildman–Crippen MR) is 78.6 cm³/mol. The van der Waals surface area contributed by atoms with E-state index in [-0.39, 0.29) is 11.9 Å². The molecule has 1 heterocycles. The van der Waals surface area contributed by atoms with E-state index in [0.717, 1.165) is 19.3 Å². The van der Waals surface area contributed by atoms with E-state index in [0.29, 0.717) is 24.9 Å². The first-order valence-electron chi connectivity index (χ1n) is 7.55. The van der Waals surface area contributed by atoms with E-state index in [2.05, 4.69) is 19.2 Å². The number of urea groups is 1. The Morgan fingerprint density at radius 2 is 1.85 bits per heavy atom. The van der Waals surface area contributed by atoms with Crippen LogP contribution >= 0.6 is 0 Å². The van der Waals surface area contributed by atoms with Crippen molar-refractivity contribution in [2.75, 3.05) is 13.1 Å². The summed E-state index contributed by atoms with van der Waals surface area (Å²) >= 11 is 0. The predicted octanol–water partition coefficient (Wildman–Crippen LogP) is 2.71. The van der Waals surface area contributed by atoms with Crippen LogP contribution in [0.5, 0.6) is 0 Å². The number of nitrogens with zero attached hydrogens (tertiary/aromatic N) is 1. The molecule has 20 heavy (non-hydrogen) atoms. The molecule has 0 aliphatic carbocycles. The van der Waals surface area contributed by atoms with Gasteiger partial charge >= 0.3 is 12.0 Å². The standard InChI is InChI=1S/C15H28N2O3/c1-5-15(4)6-8-17(9-7-15)14(20)16-12(13(18)19)10-11(2)3/h11-12H,5-10H2,1-4H3,(H,16,20)(H,18,19)/t12-/m0/s1. The van der Waals surface area contributed by atoms with Crippen LogP contribution in [0.4, 0.5) is 4.79 Å². The summed E-state index contributed by atoms with van der Waals surface area (Å²) < 4.78 is 0. The maximum atomic E-state index is 12.1. The van der Waals surface area contributed by atoms with Crippen LogP contribution in [0.3, 0.4) is 0 Å². The highest BCUT2D eigenvalue weighted by molar-refractivity contribution is 5.82. The number of amides is 2. The molecular weight excluding hydrogens is 256 g/mol. The fourth-order valence-corrected chi connectivity index (χ4v) is 2.54. The van der Waals surface area contributed by atoms with Crippen LogP contribution in [0.2, 0.25) is 0 Å². The van der Waals surface area contributed by atoms with Gasteiger partial charge in [0, 0.05) is 13.1 Å². The Bertz CT molecular complexity index is 347. The Morgan fingerprint density at radius 3 is 2.25 bits per heavy atom. The molecule has 1 rings (SSSR count). The first-order chi connectivity index (χ1) is 9.27. The molecule has 0 radical (unpaired) electrons. The number of carboxylic acids is 1. The smallest absolute Gasteiger partial charge is 0.326 e. The summed E-state index contributed by atoms with van der Waals surface area (Å²) in [6, 6.07) is -1.03. The van der Waals surface area contributed by atoms with Crippen molar-refractivity contribution < 1.29 is 14.7 Å². The van der Waals surface area contributed by atoms with Crippen molar-refractivity contribution in [2.45, 2.75) is 59.4 Å². The topological polar surface area (TPSA) is 69.6 Å². The summed E-state index contributed by atoms with van der Waals surface area (Å²) in [7, 11) is 0. The third-order valence-electron chi connectivity index (χ3n) is 4.41. The minimum atomic E-state index is -0.956. The number of rotatable bonds is 5. The quantitative estimate of drug-likeness (QED) is 0.815. The third-order valence-corrected chi connectivity index (χ3v) is 4.41. The van der Waals surface area contributed by atoms with Crippen molar-refractivity contribution in [1.82, 2.24) is 10.2 Å². The summed E-state index contributed by atoms with van der Waals surface area (Å²) in [4.78, 5) is 25.1. The lowest BCUT2D eigenvalue weighted by Gasteiger charge is -2.39. The first-order valence-corrected chi connectivity index (χ1v) is 7.55. The van der Waals surface area contributed by atoms with Crippen molar-refractivity contribution in [3.8, 4) is 0 Å². The Balaban J connectivity index is 2.52. The highest BCUT2D eigenvalue weighted by atomic mass is 16.4. The zero-order chi connectivity index (χ0) is 15.3. The molecule has 2 amide bonds. The number of likely N-dealkylation sites (tertiary alicyclic amines) is 1. The summed E-state index contributed by atoms with van der Waals surface area (Å²) in [6.07, 6.45) is 3.55. The van der Waals surface area contributed by atoms with Crippen molar-refractivity contribution in [2.24, 2.45) is 11.3 Å². The lowest BCUT2D eigenvalue weighted by Crippen LogP contribution is -2.51. The van der Waals surface area contributed by atoms with Gasteiger partial charge in [-0.15, -0.1) is 0 Å². The van der Waals surface area contributed by atoms with Crippen LogP contribution in [0.1, 0.15) is 53.4 Å². The molecule has 1 aliphatic heterocycles. The highest BCUT2D eigenvalue weighted by Crippen LogP contribution is 2.33. The number of carbonyl (C=O) groups is 2. The van der Waals surface area contributed by atoms with Gasteiger partial charge in [0.2, 0.25) is 0 Å². The second kappa shape index (κ2) is 6.95. The van der Waals surface area contributed by atoms with Gasteiger partial charge < -0.3 is 15.3 Å². The summed E-state index contributed by atoms with van der Waals surface area (Å²) in [5.74, 6) is -0.719. The van der Waals surface area contributed by atoms with Gasteiger partial charge in [-0.3, -0.25) is 0 Å². The van der Waals surface area contributed by atoms with Gasteiger partial charge in [0.15, 0.2) is 0 Å². The number of aliphatic carboxylic acids is 1. The molecule has 1 fully saturated rings. The average molecular weight is 284 g/mol. The van der Waals surface area contributed by atoms with Gasteiger partial charge in [0.1, 0.15) is 6.04 Å². The Kier molecular flexibility index (Phi) is 5.84. The van der Waals surface area contributed by atoms with E-state index >= 15 is 0 Å². The fraction of sp³-hybridized carbons (Fsp3) is 0.867. The van der Waals surface area contributed by atoms with Gasteiger partial charge in [-0.05, 0) is 30.6 Å². The van der Waals surface area contributed by atoms with E-state index in [1.165, 1.54) is 0 Å². The molecule has 1 saturated heterocycles. The molecule has 1 aliphatic rings. The molecule has 0 aromatic heterocycles. The lowest BCUT2D eigenvalue weighted by atomic mass is 9.78. The minimum absolute atomic E-state index is 0.237. The number of nitrogens with one attached hydrogen (secondary N) is 1. The van der Waals surface area contributed by atoms with E-state index in [1.54, 1.807) is 4.90 Å². The Hall–Kier alpha value is -1.26. The molecular formula is C15H28N2O3. The largest absolute Gasteiger partial charge is 0.480 e. The number of carbonyl (C=O) groups excluding carboxylic acids is 1. The molecule has 0 aromatic carbocycles. The van der Waals surface area contributed by atoms with Crippen molar-refractivity contribution >= 4 is 12.0 Å². The van der Waals surface area contributed by atoms with Gasteiger partial charge in [-0.1, -0.05) is 34.1 Å². The molecule has 0 unspecified atom stereocenters. The van der Waals surface area contributed by atoms with Crippen LogP contribution < -0.4 is 5.32 Å². The second-order valence-corrected chi connectivity index (χ2v) is 6.62. The minimum Gasteiger partial charge on any atom is -0.480 e. The van der Waals surface area contributed by atoms with Gasteiger partial charge in [0.25, 0.3) is 0 Å². The zero-order valence-corrected chi connectivity index (χ0v) is 13.1. The molecule has 5 nitrogen and oxygen atoms in total. The number of carboxylic acid groups (broad SMARTS) is 1.